The minimum Gasteiger partial charge on any atom is -0.552 e. The number of fused-ring (bicyclic) bond motifs is 1. The van der Waals surface area contributed by atoms with Crippen molar-refractivity contribution in [1.29, 1.82) is 0 Å². The van der Waals surface area contributed by atoms with Crippen molar-refractivity contribution >= 4 is 21.7 Å². The van der Waals surface area contributed by atoms with Crippen LogP contribution in [-0.2, 0) is 40.2 Å². The van der Waals surface area contributed by atoms with Gasteiger partial charge >= 0.3 is 35.5 Å². The molecule has 11 heteroatoms. The molecule has 2 N–H and O–H groups in total. The minimum atomic E-state index is -4.77. The van der Waals surface area contributed by atoms with Crippen molar-refractivity contribution in [2.75, 3.05) is 31.9 Å². The van der Waals surface area contributed by atoms with Crippen molar-refractivity contribution in [3.8, 4) is 0 Å². The van der Waals surface area contributed by atoms with Crippen molar-refractivity contribution in [3.05, 3.63) is 67.3 Å². The van der Waals surface area contributed by atoms with E-state index in [0.717, 1.165) is 26.0 Å². The van der Waals surface area contributed by atoms with Gasteiger partial charge in [-0.15, -0.1) is 0 Å². The van der Waals surface area contributed by atoms with Gasteiger partial charge in [-0.25, -0.2) is 15.5 Å². The number of ether oxygens (including phenoxy) is 4. The number of rotatable bonds is 13. The molecule has 214 valence electrons. The molecule has 2 aliphatic heterocycles. The van der Waals surface area contributed by atoms with E-state index in [4.69, 9.17) is 41.1 Å². The number of sulfonamides is 1. The molecule has 2 saturated heterocycles. The van der Waals surface area contributed by atoms with Gasteiger partial charge in [0.1, 0.15) is 6.08 Å². The van der Waals surface area contributed by atoms with Crippen LogP contribution in [0.25, 0.3) is 0 Å². The molecule has 40 heavy (non-hydrogen) atoms. The average Bonchev–Trinajstić information content (AvgIpc) is 3.18. The van der Waals surface area contributed by atoms with E-state index in [2.05, 4.69) is 7.11 Å². The first-order chi connectivity index (χ1) is 23.0. The Hall–Kier alpha value is -1.50. The fourth-order valence-electron chi connectivity index (χ4n) is 4.00. The summed E-state index contributed by atoms with van der Waals surface area (Å²) in [6.07, 6.45) is -13.4. The number of hydrogen-bond acceptors (Lipinski definition) is 8. The van der Waals surface area contributed by atoms with E-state index in [1.54, 1.807) is 30.3 Å². The van der Waals surface area contributed by atoms with Gasteiger partial charge < -0.3 is 24.7 Å². The molecule has 2 aromatic rings. The van der Waals surface area contributed by atoms with E-state index in [1.165, 1.54) is 12.1 Å². The van der Waals surface area contributed by atoms with E-state index in [0.29, 0.717) is 9.87 Å². The summed E-state index contributed by atoms with van der Waals surface area (Å²) in [5.74, 6) is -8.44. The first-order valence-corrected chi connectivity index (χ1v) is 13.4. The zero-order chi connectivity index (χ0) is 38.9. The smallest absolute Gasteiger partial charge is 0.552 e. The van der Waals surface area contributed by atoms with Gasteiger partial charge in [0.05, 0.1) is 38.6 Å². The van der Waals surface area contributed by atoms with Gasteiger partial charge in [0.2, 0.25) is 10.0 Å². The van der Waals surface area contributed by atoms with Crippen molar-refractivity contribution in [1.82, 2.24) is 4.31 Å². The average molecular weight is 595 g/mol. The molecule has 0 amide bonds. The standard InChI is InChI=1S/C29H39N2O7S.Na/c1-20(2)17-31(39(33,34)24-11-9-23(30)10-12-24)18-26(35-3)22(15-21-7-5-4-6-8-21)16-28(32)38-27-19-37-29-25(27)13-14-36-29;/h4-12,20,22,25-27,29H,3,13-19,30H2,1-2H3;/q-1;+1/t22-,25+,26-,27+,29-;/m1./s1/i13D2,14D2,17D2,19D2,20D,25D,27D,29D;. The second-order valence-electron chi connectivity index (χ2n) is 9.07. The van der Waals surface area contributed by atoms with Crippen molar-refractivity contribution in [2.45, 2.75) is 56.4 Å². The van der Waals surface area contributed by atoms with Crippen LogP contribution in [0.5, 0.6) is 0 Å². The molecule has 0 aromatic heterocycles. The van der Waals surface area contributed by atoms with Crippen LogP contribution in [0.15, 0.2) is 59.5 Å². The van der Waals surface area contributed by atoms with Crippen LogP contribution in [0.3, 0.4) is 0 Å². The van der Waals surface area contributed by atoms with Crippen LogP contribution in [0.4, 0.5) is 5.69 Å². The quantitative estimate of drug-likeness (QED) is 0.156. The SMILES string of the molecule is [2H]C(C)(C)C([2H])([2H])N(C[C@@H](O[CH2-])[C@@H](CC(=O)O[C@@]1([2H])C([2H])([2H])O[C@@]2([2H])OC([2H])([2H])C([2H])([2H])[C@]21[2H])Cc1ccccc1)S(=O)(=O)c1ccc(N)cc1.[Na+]. The molecule has 4 rings (SSSR count). The van der Waals surface area contributed by atoms with Crippen LogP contribution >= 0.6 is 0 Å². The monoisotopic (exact) mass is 594 g/mol. The number of carbonyl (C=O) groups excluding carboxylic acids is 1. The van der Waals surface area contributed by atoms with Crippen LogP contribution in [0.1, 0.15) is 48.7 Å². The van der Waals surface area contributed by atoms with Crippen molar-refractivity contribution < 1.29 is 78.2 Å². The summed E-state index contributed by atoms with van der Waals surface area (Å²) in [6, 6.07) is 13.1. The Morgan fingerprint density at radius 2 is 1.95 bits per heavy atom. The molecule has 0 bridgehead atoms. The Kier molecular flexibility index (Phi) is 7.42. The van der Waals surface area contributed by atoms with E-state index >= 15 is 0 Å². The van der Waals surface area contributed by atoms with Gasteiger partial charge in [-0.3, -0.25) is 4.79 Å². The van der Waals surface area contributed by atoms with E-state index in [-0.39, 0.29) is 46.6 Å². The number of benzene rings is 2. The van der Waals surface area contributed by atoms with Crippen molar-refractivity contribution in [2.24, 2.45) is 17.7 Å². The number of anilines is 1. The maximum absolute atomic E-state index is 14.0. The Balaban J connectivity index is 0.00000729. The van der Waals surface area contributed by atoms with E-state index in [9.17, 15) is 13.2 Å². The van der Waals surface area contributed by atoms with Gasteiger partial charge in [-0.2, -0.15) is 4.31 Å². The van der Waals surface area contributed by atoms with Crippen LogP contribution in [0.2, 0.25) is 0 Å². The summed E-state index contributed by atoms with van der Waals surface area (Å²) in [7, 11) is -1.35. The first kappa shape index (κ1) is 19.6. The van der Waals surface area contributed by atoms with E-state index < -0.39 is 91.1 Å². The molecule has 0 unspecified atom stereocenters. The molecular weight excluding hydrogens is 543 g/mol. The summed E-state index contributed by atoms with van der Waals surface area (Å²) < 4.78 is 149. The first-order valence-electron chi connectivity index (χ1n) is 18.0. The Morgan fingerprint density at radius 3 is 2.60 bits per heavy atom. The molecule has 2 aliphatic rings. The molecule has 0 aliphatic carbocycles. The Bertz CT molecular complexity index is 1720. The van der Waals surface area contributed by atoms with Gasteiger partial charge in [-0.1, -0.05) is 44.2 Å². The van der Waals surface area contributed by atoms with Gasteiger partial charge in [-0.05, 0) is 54.4 Å². The predicted molar refractivity (Wildman–Crippen MR) is 147 cm³/mol. The van der Waals surface area contributed by atoms with Crippen LogP contribution in [-0.4, -0.2) is 63.3 Å². The maximum Gasteiger partial charge on any atom is 1.00 e. The van der Waals surface area contributed by atoms with Gasteiger partial charge in [0, 0.05) is 33.1 Å². The number of nitrogens with two attached hydrogens (primary N) is 1. The molecule has 2 aromatic carbocycles. The minimum absolute atomic E-state index is 0. The molecule has 0 saturated carbocycles. The van der Waals surface area contributed by atoms with Gasteiger partial charge in [0.25, 0.3) is 0 Å². The topological polar surface area (TPSA) is 117 Å². The predicted octanol–water partition coefficient (Wildman–Crippen LogP) is 0.650. The van der Waals surface area contributed by atoms with Crippen LogP contribution < -0.4 is 35.3 Å². The summed E-state index contributed by atoms with van der Waals surface area (Å²) >= 11 is 0. The molecule has 0 radical (unpaired) electrons. The zero-order valence-electron chi connectivity index (χ0n) is 34.5. The molecule has 5 atom stereocenters. The second-order valence-corrected chi connectivity index (χ2v) is 10.9. The molecule has 2 fully saturated rings. The fourth-order valence-corrected chi connectivity index (χ4v) is 5.39. The molecule has 2 heterocycles. The zero-order valence-corrected chi connectivity index (χ0v) is 25.3. The number of esters is 1. The molecule has 9 nitrogen and oxygen atoms in total. The van der Waals surface area contributed by atoms with Crippen LogP contribution in [0, 0.1) is 24.8 Å². The number of carbonyl (C=O) groups is 1. The number of nitrogens with zero attached hydrogens (tertiary/aromatic N) is 1. The van der Waals surface area contributed by atoms with Gasteiger partial charge in [0.15, 0.2) is 6.27 Å². The fraction of sp³-hybridized carbons (Fsp3) is 0.517. The largest absolute Gasteiger partial charge is 1.00 e. The second kappa shape index (κ2) is 15.1. The summed E-state index contributed by atoms with van der Waals surface area (Å²) in [5, 5.41) is 0. The molecular formula is C29H39N2NaO7S. The van der Waals surface area contributed by atoms with E-state index in [1.807, 2.05) is 0 Å². The Morgan fingerprint density at radius 1 is 1.25 bits per heavy atom. The maximum atomic E-state index is 14.0. The number of nitrogen functional groups attached to an aromatic ring is 1. The number of hydrogen-bond donors (Lipinski definition) is 1. The third-order valence-corrected chi connectivity index (χ3v) is 7.56. The Labute approximate surface area is 276 Å². The molecule has 0 spiro atoms. The van der Waals surface area contributed by atoms with Crippen molar-refractivity contribution in [3.63, 3.8) is 0 Å². The summed E-state index contributed by atoms with van der Waals surface area (Å²) in [5.41, 5.74) is 6.49. The third kappa shape index (κ3) is 8.51. The third-order valence-electron chi connectivity index (χ3n) is 5.87. The summed E-state index contributed by atoms with van der Waals surface area (Å²) in [4.78, 5) is 13.3. The normalized spacial score (nSPS) is 36.4. The summed E-state index contributed by atoms with van der Waals surface area (Å²) in [6.45, 7) is -8.52.